The number of hydrogen-bond donors (Lipinski definition) is 1. The fourth-order valence-electron chi connectivity index (χ4n) is 1.39. The predicted octanol–water partition coefficient (Wildman–Crippen LogP) is 3.57. The second kappa shape index (κ2) is 3.17. The zero-order valence-corrected chi connectivity index (χ0v) is 9.03. The third-order valence-corrected chi connectivity index (χ3v) is 2.22. The Balaban J connectivity index is 3.14. The lowest BCUT2D eigenvalue weighted by molar-refractivity contribution is 0.506. The molecule has 0 spiro atoms. The summed E-state index contributed by atoms with van der Waals surface area (Å²) in [6.07, 6.45) is 1.78. The van der Waals surface area contributed by atoms with Crippen molar-refractivity contribution in [1.29, 1.82) is 0 Å². The number of nitrogens with one attached hydrogen (secondary N) is 1. The van der Waals surface area contributed by atoms with Crippen molar-refractivity contribution in [2.75, 3.05) is 0 Å². The van der Waals surface area contributed by atoms with E-state index in [1.807, 2.05) is 34.6 Å². The van der Waals surface area contributed by atoms with Gasteiger partial charge in [-0.1, -0.05) is 34.6 Å². The highest BCUT2D eigenvalue weighted by molar-refractivity contribution is 5.27. The molecule has 2 heteroatoms. The Morgan fingerprint density at radius 3 is 2.08 bits per heavy atom. The Labute approximate surface area is 79.4 Å². The highest BCUT2D eigenvalue weighted by Crippen LogP contribution is 2.28. The molecule has 74 valence electrons. The Morgan fingerprint density at radius 2 is 1.85 bits per heavy atom. The third-order valence-electron chi connectivity index (χ3n) is 2.22. The van der Waals surface area contributed by atoms with Gasteiger partial charge in [0.15, 0.2) is 0 Å². The van der Waals surface area contributed by atoms with Crippen LogP contribution in [0.5, 0.6) is 0 Å². The highest BCUT2D eigenvalue weighted by atomic mass is 19.1. The van der Waals surface area contributed by atoms with Gasteiger partial charge in [-0.25, -0.2) is 4.39 Å². The summed E-state index contributed by atoms with van der Waals surface area (Å²) in [4.78, 5) is 3.02. The van der Waals surface area contributed by atoms with Gasteiger partial charge in [-0.15, -0.1) is 0 Å². The van der Waals surface area contributed by atoms with E-state index in [1.165, 1.54) is 0 Å². The number of H-pyrrole nitrogens is 1. The van der Waals surface area contributed by atoms with Crippen LogP contribution in [0.2, 0.25) is 0 Å². The van der Waals surface area contributed by atoms with E-state index < -0.39 is 0 Å². The number of halogens is 1. The molecule has 0 atom stereocenters. The van der Waals surface area contributed by atoms with Crippen LogP contribution in [-0.4, -0.2) is 4.98 Å². The number of aromatic nitrogens is 1. The lowest BCUT2D eigenvalue weighted by atomic mass is 9.91. The summed E-state index contributed by atoms with van der Waals surface area (Å²) in [5.41, 5.74) is 1.35. The highest BCUT2D eigenvalue weighted by Gasteiger charge is 2.23. The molecule has 0 amide bonds. The summed E-state index contributed by atoms with van der Waals surface area (Å²) in [7, 11) is 0. The van der Waals surface area contributed by atoms with E-state index in [9.17, 15) is 4.39 Å². The second-order valence-electron chi connectivity index (χ2n) is 4.84. The van der Waals surface area contributed by atoms with E-state index in [0.29, 0.717) is 5.69 Å². The fourth-order valence-corrected chi connectivity index (χ4v) is 1.39. The van der Waals surface area contributed by atoms with Gasteiger partial charge in [0.1, 0.15) is 5.82 Å². The topological polar surface area (TPSA) is 15.8 Å². The molecular weight excluding hydrogens is 165 g/mol. The maximum absolute atomic E-state index is 13.7. The second-order valence-corrected chi connectivity index (χ2v) is 4.84. The standard InChI is InChI=1S/C11H18FN/c1-7(2)8-6-13-10(9(8)12)11(3,4)5/h6-7,13H,1-5H3. The van der Waals surface area contributed by atoms with Gasteiger partial charge >= 0.3 is 0 Å². The third kappa shape index (κ3) is 1.93. The van der Waals surface area contributed by atoms with E-state index in [0.717, 1.165) is 5.56 Å². The lowest BCUT2D eigenvalue weighted by Crippen LogP contribution is -2.13. The molecule has 0 radical (unpaired) electrons. The van der Waals surface area contributed by atoms with Crippen LogP contribution in [-0.2, 0) is 5.41 Å². The molecule has 0 bridgehead atoms. The maximum Gasteiger partial charge on any atom is 0.147 e. The average Bonchev–Trinajstić information content (AvgIpc) is 2.28. The smallest absolute Gasteiger partial charge is 0.147 e. The van der Waals surface area contributed by atoms with Crippen molar-refractivity contribution >= 4 is 0 Å². The van der Waals surface area contributed by atoms with Gasteiger partial charge in [0.25, 0.3) is 0 Å². The van der Waals surface area contributed by atoms with Crippen molar-refractivity contribution in [2.45, 2.75) is 46.0 Å². The molecule has 0 aliphatic carbocycles. The molecule has 1 N–H and O–H groups in total. The summed E-state index contributed by atoms with van der Waals surface area (Å²) in [5.74, 6) is 0.176. The number of aromatic amines is 1. The van der Waals surface area contributed by atoms with Gasteiger partial charge in [-0.05, 0) is 5.92 Å². The predicted molar refractivity (Wildman–Crippen MR) is 53.5 cm³/mol. The zero-order valence-electron chi connectivity index (χ0n) is 9.03. The molecule has 0 saturated heterocycles. The first-order valence-corrected chi connectivity index (χ1v) is 4.71. The van der Waals surface area contributed by atoms with Gasteiger partial charge in [-0.2, -0.15) is 0 Å². The van der Waals surface area contributed by atoms with Gasteiger partial charge in [0, 0.05) is 17.2 Å². The van der Waals surface area contributed by atoms with Crippen LogP contribution < -0.4 is 0 Å². The van der Waals surface area contributed by atoms with Gasteiger partial charge in [-0.3, -0.25) is 0 Å². The van der Waals surface area contributed by atoms with Crippen molar-refractivity contribution in [3.63, 3.8) is 0 Å². The molecule has 1 aromatic rings. The quantitative estimate of drug-likeness (QED) is 0.685. The molecule has 1 nitrogen and oxygen atoms in total. The fraction of sp³-hybridized carbons (Fsp3) is 0.636. The van der Waals surface area contributed by atoms with Crippen LogP contribution >= 0.6 is 0 Å². The molecule has 0 aromatic carbocycles. The number of rotatable bonds is 1. The first kappa shape index (κ1) is 10.3. The summed E-state index contributed by atoms with van der Waals surface area (Å²) in [6.45, 7) is 10.0. The van der Waals surface area contributed by atoms with Crippen LogP contribution in [0.3, 0.4) is 0 Å². The van der Waals surface area contributed by atoms with Gasteiger partial charge in [0.05, 0.1) is 5.69 Å². The van der Waals surface area contributed by atoms with E-state index in [-0.39, 0.29) is 17.2 Å². The summed E-state index contributed by atoms with van der Waals surface area (Å²) in [5, 5.41) is 0. The monoisotopic (exact) mass is 183 g/mol. The van der Waals surface area contributed by atoms with Gasteiger partial charge < -0.3 is 4.98 Å². The Morgan fingerprint density at radius 1 is 1.31 bits per heavy atom. The lowest BCUT2D eigenvalue weighted by Gasteiger charge is -2.16. The molecule has 0 aliphatic heterocycles. The maximum atomic E-state index is 13.7. The summed E-state index contributed by atoms with van der Waals surface area (Å²) < 4.78 is 13.7. The molecular formula is C11H18FN. The van der Waals surface area contributed by atoms with Crippen molar-refractivity contribution in [1.82, 2.24) is 4.98 Å². The summed E-state index contributed by atoms with van der Waals surface area (Å²) >= 11 is 0. The van der Waals surface area contributed by atoms with E-state index in [1.54, 1.807) is 6.20 Å². The molecule has 1 aromatic heterocycles. The minimum Gasteiger partial charge on any atom is -0.362 e. The normalized spacial score (nSPS) is 12.5. The van der Waals surface area contributed by atoms with E-state index in [4.69, 9.17) is 0 Å². The first-order chi connectivity index (χ1) is 5.84. The van der Waals surface area contributed by atoms with Crippen molar-refractivity contribution in [3.8, 4) is 0 Å². The molecule has 1 rings (SSSR count). The molecule has 1 heterocycles. The minimum absolute atomic E-state index is 0.0671. The minimum atomic E-state index is -0.142. The number of hydrogen-bond acceptors (Lipinski definition) is 0. The van der Waals surface area contributed by atoms with Crippen molar-refractivity contribution in [3.05, 3.63) is 23.3 Å². The van der Waals surface area contributed by atoms with Crippen LogP contribution in [0.25, 0.3) is 0 Å². The van der Waals surface area contributed by atoms with Crippen molar-refractivity contribution < 1.29 is 4.39 Å². The Bertz CT molecular complexity index is 292. The van der Waals surface area contributed by atoms with Crippen LogP contribution in [0.15, 0.2) is 6.20 Å². The Kier molecular flexibility index (Phi) is 2.51. The molecule has 0 fully saturated rings. The molecule has 0 aliphatic rings. The largest absolute Gasteiger partial charge is 0.362 e. The van der Waals surface area contributed by atoms with Crippen LogP contribution in [0.4, 0.5) is 4.39 Å². The molecule has 0 unspecified atom stereocenters. The van der Waals surface area contributed by atoms with Crippen LogP contribution in [0, 0.1) is 5.82 Å². The average molecular weight is 183 g/mol. The van der Waals surface area contributed by atoms with E-state index >= 15 is 0 Å². The first-order valence-electron chi connectivity index (χ1n) is 4.71. The van der Waals surface area contributed by atoms with E-state index in [2.05, 4.69) is 4.98 Å². The van der Waals surface area contributed by atoms with Crippen LogP contribution in [0.1, 0.15) is 51.8 Å². The van der Waals surface area contributed by atoms with Gasteiger partial charge in [0.2, 0.25) is 0 Å². The van der Waals surface area contributed by atoms with Crippen molar-refractivity contribution in [2.24, 2.45) is 0 Å². The zero-order chi connectivity index (χ0) is 10.2. The molecule has 13 heavy (non-hydrogen) atoms. The molecule has 0 saturated carbocycles. The Hall–Kier alpha value is -0.790. The SMILES string of the molecule is CC(C)c1c[nH]c(C(C)(C)C)c1F. The summed E-state index contributed by atoms with van der Waals surface area (Å²) in [6, 6.07) is 0.